The topological polar surface area (TPSA) is 38.3 Å². The maximum atomic E-state index is 12.0. The third-order valence-electron chi connectivity index (χ3n) is 2.75. The van der Waals surface area contributed by atoms with Gasteiger partial charge < -0.3 is 10.1 Å². The molecule has 0 saturated carbocycles. The maximum Gasteiger partial charge on any atom is 0.252 e. The fourth-order valence-corrected chi connectivity index (χ4v) is 2.40. The van der Waals surface area contributed by atoms with E-state index in [9.17, 15) is 4.79 Å². The zero-order chi connectivity index (χ0) is 12.3. The van der Waals surface area contributed by atoms with Crippen molar-refractivity contribution in [2.75, 3.05) is 13.2 Å². The minimum absolute atomic E-state index is 0.0914. The van der Waals surface area contributed by atoms with Gasteiger partial charge in [0, 0.05) is 23.7 Å². The first-order valence-corrected chi connectivity index (χ1v) is 6.68. The first kappa shape index (κ1) is 12.9. The lowest BCUT2D eigenvalue weighted by Crippen LogP contribution is -2.39. The van der Waals surface area contributed by atoms with Crippen molar-refractivity contribution >= 4 is 33.4 Å². The van der Waals surface area contributed by atoms with Crippen LogP contribution in [0.4, 0.5) is 0 Å². The fourth-order valence-electron chi connectivity index (χ4n) is 1.78. The molecule has 0 unspecified atom stereocenters. The lowest BCUT2D eigenvalue weighted by Gasteiger charge is -2.23. The van der Waals surface area contributed by atoms with Crippen LogP contribution >= 0.6 is 27.5 Å². The number of amides is 1. The summed E-state index contributed by atoms with van der Waals surface area (Å²) in [6.07, 6.45) is 1.73. The van der Waals surface area contributed by atoms with Gasteiger partial charge in [-0.2, -0.15) is 0 Å². The Morgan fingerprint density at radius 3 is 2.82 bits per heavy atom. The molecule has 1 fully saturated rings. The molecule has 1 aromatic carbocycles. The Kier molecular flexibility index (Phi) is 4.42. The molecule has 1 heterocycles. The number of halogens is 2. The summed E-state index contributed by atoms with van der Waals surface area (Å²) < 4.78 is 5.89. The number of rotatable bonds is 2. The molecule has 17 heavy (non-hydrogen) atoms. The molecule has 3 nitrogen and oxygen atoms in total. The standard InChI is InChI=1S/C12H13BrClNO2/c13-11-9(2-1-3-10(11)14)12(16)15-8-4-6-17-7-5-8/h1-3,8H,4-7H2,(H,15,16). The van der Waals surface area contributed by atoms with Crippen LogP contribution in [0.15, 0.2) is 22.7 Å². The van der Waals surface area contributed by atoms with Crippen molar-refractivity contribution < 1.29 is 9.53 Å². The molecule has 92 valence electrons. The lowest BCUT2D eigenvalue weighted by atomic mass is 10.1. The van der Waals surface area contributed by atoms with Crippen molar-refractivity contribution in [2.24, 2.45) is 0 Å². The van der Waals surface area contributed by atoms with E-state index >= 15 is 0 Å². The number of hydrogen-bond acceptors (Lipinski definition) is 2. The first-order chi connectivity index (χ1) is 8.18. The summed E-state index contributed by atoms with van der Waals surface area (Å²) in [4.78, 5) is 12.0. The monoisotopic (exact) mass is 317 g/mol. The minimum atomic E-state index is -0.0914. The molecule has 0 radical (unpaired) electrons. The van der Waals surface area contributed by atoms with Gasteiger partial charge >= 0.3 is 0 Å². The number of hydrogen-bond donors (Lipinski definition) is 1. The summed E-state index contributed by atoms with van der Waals surface area (Å²) in [7, 11) is 0. The van der Waals surface area contributed by atoms with Gasteiger partial charge in [-0.25, -0.2) is 0 Å². The highest BCUT2D eigenvalue weighted by Crippen LogP contribution is 2.26. The molecule has 0 aromatic heterocycles. The largest absolute Gasteiger partial charge is 0.381 e. The van der Waals surface area contributed by atoms with E-state index in [0.29, 0.717) is 28.3 Å². The van der Waals surface area contributed by atoms with E-state index in [1.807, 2.05) is 0 Å². The molecule has 2 rings (SSSR count). The Hall–Kier alpha value is -0.580. The Morgan fingerprint density at radius 2 is 2.12 bits per heavy atom. The third-order valence-corrected chi connectivity index (χ3v) is 4.15. The van der Waals surface area contributed by atoms with Gasteiger partial charge in [0.2, 0.25) is 0 Å². The summed E-state index contributed by atoms with van der Waals surface area (Å²) in [5, 5.41) is 3.54. The van der Waals surface area contributed by atoms with Crippen LogP contribution in [-0.4, -0.2) is 25.2 Å². The van der Waals surface area contributed by atoms with Gasteiger partial charge in [0.05, 0.1) is 10.6 Å². The van der Waals surface area contributed by atoms with Crippen molar-refractivity contribution in [3.8, 4) is 0 Å². The maximum absolute atomic E-state index is 12.0. The normalized spacial score (nSPS) is 16.8. The van der Waals surface area contributed by atoms with Crippen LogP contribution in [-0.2, 0) is 4.74 Å². The van der Waals surface area contributed by atoms with E-state index < -0.39 is 0 Å². The zero-order valence-electron chi connectivity index (χ0n) is 9.21. The van der Waals surface area contributed by atoms with E-state index in [2.05, 4.69) is 21.2 Å². The summed E-state index contributed by atoms with van der Waals surface area (Å²) in [5.74, 6) is -0.0914. The molecule has 0 atom stereocenters. The summed E-state index contributed by atoms with van der Waals surface area (Å²) >= 11 is 9.28. The third kappa shape index (κ3) is 3.21. The van der Waals surface area contributed by atoms with Crippen LogP contribution < -0.4 is 5.32 Å². The zero-order valence-corrected chi connectivity index (χ0v) is 11.6. The van der Waals surface area contributed by atoms with Crippen LogP contribution in [0.3, 0.4) is 0 Å². The highest BCUT2D eigenvalue weighted by molar-refractivity contribution is 9.10. The lowest BCUT2D eigenvalue weighted by molar-refractivity contribution is 0.0696. The first-order valence-electron chi connectivity index (χ1n) is 5.51. The van der Waals surface area contributed by atoms with Crippen LogP contribution in [0, 0.1) is 0 Å². The second-order valence-electron chi connectivity index (χ2n) is 3.96. The van der Waals surface area contributed by atoms with Gasteiger partial charge in [-0.3, -0.25) is 4.79 Å². The van der Waals surface area contributed by atoms with Crippen LogP contribution in [0.2, 0.25) is 5.02 Å². The molecule has 0 aliphatic carbocycles. The van der Waals surface area contributed by atoms with E-state index in [-0.39, 0.29) is 11.9 Å². The Morgan fingerprint density at radius 1 is 1.41 bits per heavy atom. The van der Waals surface area contributed by atoms with Crippen molar-refractivity contribution in [2.45, 2.75) is 18.9 Å². The number of carbonyl (C=O) groups is 1. The van der Waals surface area contributed by atoms with E-state index in [1.165, 1.54) is 0 Å². The summed E-state index contributed by atoms with van der Waals surface area (Å²) in [6.45, 7) is 1.42. The van der Waals surface area contributed by atoms with Crippen molar-refractivity contribution in [1.82, 2.24) is 5.32 Å². The fraction of sp³-hybridized carbons (Fsp3) is 0.417. The van der Waals surface area contributed by atoms with E-state index in [0.717, 1.165) is 12.8 Å². The molecule has 5 heteroatoms. The predicted octanol–water partition coefficient (Wildman–Crippen LogP) is 3.01. The molecule has 1 amide bonds. The smallest absolute Gasteiger partial charge is 0.252 e. The highest BCUT2D eigenvalue weighted by Gasteiger charge is 2.18. The van der Waals surface area contributed by atoms with Gasteiger partial charge in [-0.15, -0.1) is 0 Å². The predicted molar refractivity (Wildman–Crippen MR) is 70.5 cm³/mol. The average molecular weight is 319 g/mol. The minimum Gasteiger partial charge on any atom is -0.381 e. The van der Waals surface area contributed by atoms with E-state index in [4.69, 9.17) is 16.3 Å². The van der Waals surface area contributed by atoms with Crippen molar-refractivity contribution in [3.05, 3.63) is 33.3 Å². The van der Waals surface area contributed by atoms with Gasteiger partial charge in [-0.1, -0.05) is 17.7 Å². The van der Waals surface area contributed by atoms with Gasteiger partial charge in [0.25, 0.3) is 5.91 Å². The molecule has 0 bridgehead atoms. The number of nitrogens with one attached hydrogen (secondary N) is 1. The number of ether oxygens (including phenoxy) is 1. The number of benzene rings is 1. The molecule has 1 aromatic rings. The Bertz CT molecular complexity index is 419. The number of carbonyl (C=O) groups excluding carboxylic acids is 1. The molecule has 1 N–H and O–H groups in total. The molecule has 0 spiro atoms. The SMILES string of the molecule is O=C(NC1CCOCC1)c1cccc(Cl)c1Br. The highest BCUT2D eigenvalue weighted by atomic mass is 79.9. The quantitative estimate of drug-likeness (QED) is 0.910. The Balaban J connectivity index is 2.06. The molecular formula is C12H13BrClNO2. The van der Waals surface area contributed by atoms with Gasteiger partial charge in [-0.05, 0) is 40.9 Å². The van der Waals surface area contributed by atoms with Crippen molar-refractivity contribution in [3.63, 3.8) is 0 Å². The van der Waals surface area contributed by atoms with Crippen LogP contribution in [0.1, 0.15) is 23.2 Å². The van der Waals surface area contributed by atoms with Gasteiger partial charge in [0.15, 0.2) is 0 Å². The Labute approximate surface area is 114 Å². The molecule has 1 aliphatic heterocycles. The summed E-state index contributed by atoms with van der Waals surface area (Å²) in [5.41, 5.74) is 0.573. The second kappa shape index (κ2) is 5.85. The van der Waals surface area contributed by atoms with Crippen LogP contribution in [0.25, 0.3) is 0 Å². The van der Waals surface area contributed by atoms with Crippen molar-refractivity contribution in [1.29, 1.82) is 0 Å². The van der Waals surface area contributed by atoms with Gasteiger partial charge in [0.1, 0.15) is 0 Å². The van der Waals surface area contributed by atoms with Crippen LogP contribution in [0.5, 0.6) is 0 Å². The second-order valence-corrected chi connectivity index (χ2v) is 5.16. The molecule has 1 saturated heterocycles. The molecular weight excluding hydrogens is 305 g/mol. The molecule has 1 aliphatic rings. The van der Waals surface area contributed by atoms with E-state index in [1.54, 1.807) is 18.2 Å². The average Bonchev–Trinajstić information content (AvgIpc) is 2.34. The summed E-state index contributed by atoms with van der Waals surface area (Å²) in [6, 6.07) is 5.47.